The number of nitrogens with one attached hydrogen (secondary N) is 1. The maximum atomic E-state index is 9.10. The zero-order valence-electron chi connectivity index (χ0n) is 9.84. The third-order valence-electron chi connectivity index (χ3n) is 3.52. The molecule has 0 heterocycles. The highest BCUT2D eigenvalue weighted by Gasteiger charge is 2.22. The van der Waals surface area contributed by atoms with Crippen LogP contribution < -0.4 is 5.32 Å². The van der Waals surface area contributed by atoms with Crippen molar-refractivity contribution in [2.24, 2.45) is 11.3 Å². The molecule has 0 radical (unpaired) electrons. The topological polar surface area (TPSA) is 52.5 Å². The Labute approximate surface area is 92.9 Å². The van der Waals surface area contributed by atoms with Crippen LogP contribution >= 0.6 is 0 Å². The summed E-state index contributed by atoms with van der Waals surface area (Å²) in [5.74, 6) is 0.909. The normalized spacial score (nSPS) is 18.6. The van der Waals surface area contributed by atoms with Crippen LogP contribution in [-0.2, 0) is 0 Å². The lowest BCUT2D eigenvalue weighted by atomic mass is 9.93. The summed E-state index contributed by atoms with van der Waals surface area (Å²) in [4.78, 5) is 0. The van der Waals surface area contributed by atoms with Crippen LogP contribution in [0, 0.1) is 11.3 Å². The predicted molar refractivity (Wildman–Crippen MR) is 61.7 cm³/mol. The van der Waals surface area contributed by atoms with Crippen molar-refractivity contribution < 1.29 is 10.2 Å². The van der Waals surface area contributed by atoms with Gasteiger partial charge in [-0.3, -0.25) is 0 Å². The molecule has 0 amide bonds. The van der Waals surface area contributed by atoms with Crippen molar-refractivity contribution in [2.45, 2.75) is 39.0 Å². The van der Waals surface area contributed by atoms with Crippen molar-refractivity contribution in [2.75, 3.05) is 26.3 Å². The molecule has 0 unspecified atom stereocenters. The molecule has 1 rings (SSSR count). The fourth-order valence-electron chi connectivity index (χ4n) is 2.16. The minimum absolute atomic E-state index is 0.0416. The molecule has 0 aliphatic heterocycles. The summed E-state index contributed by atoms with van der Waals surface area (Å²) in [7, 11) is 0. The first-order valence-corrected chi connectivity index (χ1v) is 6.12. The maximum Gasteiger partial charge on any atom is 0.0518 e. The van der Waals surface area contributed by atoms with Crippen LogP contribution in [0.15, 0.2) is 0 Å². The quantitative estimate of drug-likeness (QED) is 0.558. The molecule has 0 spiro atoms. The third kappa shape index (κ3) is 4.49. The molecule has 3 N–H and O–H groups in total. The van der Waals surface area contributed by atoms with Crippen LogP contribution in [0.3, 0.4) is 0 Å². The summed E-state index contributed by atoms with van der Waals surface area (Å²) in [6.07, 6.45) is 6.82. The Morgan fingerprint density at radius 3 is 2.33 bits per heavy atom. The summed E-state index contributed by atoms with van der Waals surface area (Å²) in [5.41, 5.74) is -0.365. The van der Waals surface area contributed by atoms with Gasteiger partial charge in [0.25, 0.3) is 0 Å². The Morgan fingerprint density at radius 2 is 1.80 bits per heavy atom. The van der Waals surface area contributed by atoms with Crippen LogP contribution in [-0.4, -0.2) is 36.5 Å². The smallest absolute Gasteiger partial charge is 0.0518 e. The Kier molecular flexibility index (Phi) is 5.58. The molecule has 3 nitrogen and oxygen atoms in total. The van der Waals surface area contributed by atoms with Crippen molar-refractivity contribution in [1.29, 1.82) is 0 Å². The molecule has 0 atom stereocenters. The lowest BCUT2D eigenvalue weighted by Crippen LogP contribution is -2.38. The number of aliphatic hydroxyl groups is 2. The molecule has 1 aliphatic carbocycles. The third-order valence-corrected chi connectivity index (χ3v) is 3.52. The molecule has 0 aromatic carbocycles. The van der Waals surface area contributed by atoms with Crippen LogP contribution in [0.2, 0.25) is 0 Å². The maximum absolute atomic E-state index is 9.10. The fourth-order valence-corrected chi connectivity index (χ4v) is 2.16. The Bertz CT molecular complexity index is 163. The van der Waals surface area contributed by atoms with Crippen molar-refractivity contribution in [1.82, 2.24) is 5.32 Å². The minimum atomic E-state index is -0.365. The van der Waals surface area contributed by atoms with E-state index in [1.807, 2.05) is 6.92 Å². The molecule has 0 aromatic heterocycles. The molecule has 1 aliphatic rings. The van der Waals surface area contributed by atoms with E-state index in [1.54, 1.807) is 0 Å². The molecule has 0 saturated heterocycles. The summed E-state index contributed by atoms with van der Waals surface area (Å²) in [6, 6.07) is 0. The van der Waals surface area contributed by atoms with Crippen LogP contribution in [0.4, 0.5) is 0 Å². The molecule has 1 saturated carbocycles. The average Bonchev–Trinajstić information content (AvgIpc) is 2.77. The first-order chi connectivity index (χ1) is 7.20. The van der Waals surface area contributed by atoms with E-state index in [1.165, 1.54) is 32.1 Å². The van der Waals surface area contributed by atoms with Crippen molar-refractivity contribution >= 4 is 0 Å². The average molecular weight is 215 g/mol. The molecular weight excluding hydrogens is 190 g/mol. The van der Waals surface area contributed by atoms with Gasteiger partial charge in [-0.1, -0.05) is 32.6 Å². The van der Waals surface area contributed by atoms with Gasteiger partial charge in [-0.05, 0) is 18.9 Å². The van der Waals surface area contributed by atoms with E-state index in [9.17, 15) is 0 Å². The van der Waals surface area contributed by atoms with Crippen LogP contribution in [0.25, 0.3) is 0 Å². The largest absolute Gasteiger partial charge is 0.396 e. The summed E-state index contributed by atoms with van der Waals surface area (Å²) in [6.45, 7) is 3.70. The second-order valence-corrected chi connectivity index (χ2v) is 5.24. The van der Waals surface area contributed by atoms with Gasteiger partial charge in [0.05, 0.1) is 13.2 Å². The second kappa shape index (κ2) is 6.46. The van der Waals surface area contributed by atoms with E-state index in [2.05, 4.69) is 5.32 Å². The zero-order chi connectivity index (χ0) is 11.1. The van der Waals surface area contributed by atoms with E-state index < -0.39 is 0 Å². The van der Waals surface area contributed by atoms with E-state index in [0.717, 1.165) is 12.5 Å². The summed E-state index contributed by atoms with van der Waals surface area (Å²) in [5, 5.41) is 21.5. The Hall–Kier alpha value is -0.120. The van der Waals surface area contributed by atoms with Crippen molar-refractivity contribution in [3.8, 4) is 0 Å². The van der Waals surface area contributed by atoms with Gasteiger partial charge < -0.3 is 15.5 Å². The first kappa shape index (κ1) is 12.9. The van der Waals surface area contributed by atoms with Gasteiger partial charge in [0.1, 0.15) is 0 Å². The molecule has 0 bridgehead atoms. The Morgan fingerprint density at radius 1 is 1.20 bits per heavy atom. The van der Waals surface area contributed by atoms with E-state index in [-0.39, 0.29) is 18.6 Å². The van der Waals surface area contributed by atoms with Gasteiger partial charge in [0, 0.05) is 12.0 Å². The van der Waals surface area contributed by atoms with Gasteiger partial charge >= 0.3 is 0 Å². The number of hydrogen-bond acceptors (Lipinski definition) is 3. The Balaban J connectivity index is 2.04. The van der Waals surface area contributed by atoms with Crippen molar-refractivity contribution in [3.05, 3.63) is 0 Å². The lowest BCUT2D eigenvalue weighted by molar-refractivity contribution is 0.0696. The molecule has 90 valence electrons. The second-order valence-electron chi connectivity index (χ2n) is 5.24. The highest BCUT2D eigenvalue weighted by Crippen LogP contribution is 2.26. The van der Waals surface area contributed by atoms with Crippen LogP contribution in [0.5, 0.6) is 0 Å². The SMILES string of the molecule is CC(CO)(CO)CNCCC1CCCC1. The van der Waals surface area contributed by atoms with Gasteiger partial charge in [-0.2, -0.15) is 0 Å². The molecule has 1 fully saturated rings. The van der Waals surface area contributed by atoms with Gasteiger partial charge in [0.15, 0.2) is 0 Å². The molecule has 3 heteroatoms. The molecule has 0 aromatic rings. The highest BCUT2D eigenvalue weighted by atomic mass is 16.3. The highest BCUT2D eigenvalue weighted by molar-refractivity contribution is 4.75. The number of aliphatic hydroxyl groups excluding tert-OH is 2. The van der Waals surface area contributed by atoms with Crippen molar-refractivity contribution in [3.63, 3.8) is 0 Å². The van der Waals surface area contributed by atoms with Crippen LogP contribution in [0.1, 0.15) is 39.0 Å². The predicted octanol–water partition coefficient (Wildman–Crippen LogP) is 1.15. The number of rotatable bonds is 7. The number of hydrogen-bond donors (Lipinski definition) is 3. The standard InChI is InChI=1S/C12H25NO2/c1-12(9-14,10-15)8-13-7-6-11-4-2-3-5-11/h11,13-15H,2-10H2,1H3. The fraction of sp³-hybridized carbons (Fsp3) is 1.00. The van der Waals surface area contributed by atoms with E-state index >= 15 is 0 Å². The van der Waals surface area contributed by atoms with E-state index in [0.29, 0.717) is 6.54 Å². The molecule has 15 heavy (non-hydrogen) atoms. The van der Waals surface area contributed by atoms with Gasteiger partial charge in [-0.15, -0.1) is 0 Å². The van der Waals surface area contributed by atoms with Gasteiger partial charge in [-0.25, -0.2) is 0 Å². The monoisotopic (exact) mass is 215 g/mol. The molecular formula is C12H25NO2. The van der Waals surface area contributed by atoms with E-state index in [4.69, 9.17) is 10.2 Å². The summed E-state index contributed by atoms with van der Waals surface area (Å²) >= 11 is 0. The first-order valence-electron chi connectivity index (χ1n) is 6.12. The minimum Gasteiger partial charge on any atom is -0.396 e. The van der Waals surface area contributed by atoms with Gasteiger partial charge in [0.2, 0.25) is 0 Å². The lowest BCUT2D eigenvalue weighted by Gasteiger charge is -2.25. The zero-order valence-corrected chi connectivity index (χ0v) is 9.84. The summed E-state index contributed by atoms with van der Waals surface area (Å²) < 4.78 is 0.